The molecule has 30 heavy (non-hydrogen) atoms. The van der Waals surface area contributed by atoms with Gasteiger partial charge in [0.15, 0.2) is 5.78 Å². The van der Waals surface area contributed by atoms with Crippen LogP contribution in [0.15, 0.2) is 23.8 Å². The van der Waals surface area contributed by atoms with Crippen LogP contribution in [0, 0.1) is 46.3 Å². The third-order valence-corrected chi connectivity index (χ3v) is 10.8. The molecule has 1 saturated heterocycles. The Morgan fingerprint density at radius 3 is 2.53 bits per heavy atom. The van der Waals surface area contributed by atoms with Gasteiger partial charge < -0.3 is 4.74 Å². The second-order valence-corrected chi connectivity index (χ2v) is 12.4. The first-order chi connectivity index (χ1) is 14.1. The van der Waals surface area contributed by atoms with Crippen LogP contribution >= 0.6 is 0 Å². The summed E-state index contributed by atoms with van der Waals surface area (Å²) in [5.74, 6) is 4.56. The van der Waals surface area contributed by atoms with E-state index in [1.54, 1.807) is 5.57 Å². The van der Waals surface area contributed by atoms with Crippen LogP contribution in [0.25, 0.3) is 0 Å². The van der Waals surface area contributed by atoms with Gasteiger partial charge in [0.2, 0.25) is 0 Å². The molecule has 0 N–H and O–H groups in total. The maximum Gasteiger partial charge on any atom is 0.164 e. The fourth-order valence-corrected chi connectivity index (χ4v) is 8.37. The van der Waals surface area contributed by atoms with E-state index in [0.717, 1.165) is 31.1 Å². The second-order valence-electron chi connectivity index (χ2n) is 12.4. The SMILES string of the molecule is CC(C)[C@@H](C)/C=C/[C@@H](C)[C@H]1CC[C@H]2C3=CC[C@@]45O[C@@H]4C(=O)CC[C@]5(C)C3CC[C@]12C. The molecule has 0 aromatic carbocycles. The number of ketones is 1. The van der Waals surface area contributed by atoms with Crippen molar-refractivity contribution in [1.29, 1.82) is 0 Å². The Morgan fingerprint density at radius 2 is 1.80 bits per heavy atom. The Labute approximate surface area is 183 Å². The molecule has 0 radical (unpaired) electrons. The monoisotopic (exact) mass is 410 g/mol. The van der Waals surface area contributed by atoms with Gasteiger partial charge >= 0.3 is 0 Å². The highest BCUT2D eigenvalue weighted by atomic mass is 16.6. The maximum absolute atomic E-state index is 12.3. The van der Waals surface area contributed by atoms with Crippen LogP contribution < -0.4 is 0 Å². The number of hydrogen-bond acceptors (Lipinski definition) is 2. The smallest absolute Gasteiger partial charge is 0.164 e. The third-order valence-electron chi connectivity index (χ3n) is 10.8. The molecule has 5 rings (SSSR count). The standard InChI is InChI=1S/C28H42O2/c1-17(2)18(3)7-8-19(4)21-9-10-22-20-11-16-28-25(30-28)24(29)13-15-27(28,6)23(20)12-14-26(21,22)5/h7-8,11,17-19,21-23,25H,9-10,12-16H2,1-6H3/b8-7+/t18-,19+,21+,22-,23?,25+,26+,27+,28+/m0/s1. The molecule has 5 aliphatic rings. The van der Waals surface area contributed by atoms with Gasteiger partial charge in [-0.1, -0.05) is 65.3 Å². The first-order valence-corrected chi connectivity index (χ1v) is 12.7. The molecule has 1 aliphatic heterocycles. The highest BCUT2D eigenvalue weighted by Crippen LogP contribution is 2.71. The van der Waals surface area contributed by atoms with Crippen LogP contribution in [0.5, 0.6) is 0 Å². The predicted octanol–water partition coefficient (Wildman–Crippen LogP) is 6.75. The lowest BCUT2D eigenvalue weighted by Crippen LogP contribution is -2.54. The average Bonchev–Trinajstić information content (AvgIpc) is 3.35. The zero-order valence-electron chi connectivity index (χ0n) is 20.0. The average molecular weight is 411 g/mol. The van der Waals surface area contributed by atoms with Gasteiger partial charge in [-0.05, 0) is 79.4 Å². The molecule has 9 atom stereocenters. The summed E-state index contributed by atoms with van der Waals surface area (Å²) < 4.78 is 6.20. The van der Waals surface area contributed by atoms with Crippen molar-refractivity contribution in [2.45, 2.75) is 98.2 Å². The van der Waals surface area contributed by atoms with E-state index in [0.29, 0.717) is 34.9 Å². The highest BCUT2D eigenvalue weighted by Gasteiger charge is 2.75. The van der Waals surface area contributed by atoms with Crippen molar-refractivity contribution in [2.75, 3.05) is 0 Å². The molecular formula is C28H42O2. The summed E-state index contributed by atoms with van der Waals surface area (Å²) in [6, 6.07) is 0. The zero-order chi connectivity index (χ0) is 21.5. The van der Waals surface area contributed by atoms with Gasteiger partial charge in [-0.15, -0.1) is 0 Å². The summed E-state index contributed by atoms with van der Waals surface area (Å²) in [6.45, 7) is 14.5. The number of carbonyl (C=O) groups is 1. The quantitative estimate of drug-likeness (QED) is 0.379. The fraction of sp³-hybridized carbons (Fsp3) is 0.821. The number of hydrogen-bond donors (Lipinski definition) is 0. The molecule has 166 valence electrons. The first-order valence-electron chi connectivity index (χ1n) is 12.7. The van der Waals surface area contributed by atoms with Crippen LogP contribution in [0.3, 0.4) is 0 Å². The lowest BCUT2D eigenvalue weighted by Gasteiger charge is -2.56. The lowest BCUT2D eigenvalue weighted by atomic mass is 9.47. The van der Waals surface area contributed by atoms with E-state index in [2.05, 4.69) is 59.8 Å². The van der Waals surface area contributed by atoms with Gasteiger partial charge in [0.05, 0.1) is 0 Å². The van der Waals surface area contributed by atoms with Crippen LogP contribution in [-0.4, -0.2) is 17.5 Å². The largest absolute Gasteiger partial charge is 0.357 e. The molecule has 1 spiro atoms. The molecular weight excluding hydrogens is 368 g/mol. The van der Waals surface area contributed by atoms with E-state index in [-0.39, 0.29) is 17.1 Å². The maximum atomic E-state index is 12.3. The molecule has 4 fully saturated rings. The molecule has 0 aromatic heterocycles. The van der Waals surface area contributed by atoms with Crippen molar-refractivity contribution in [3.05, 3.63) is 23.8 Å². The van der Waals surface area contributed by atoms with E-state index < -0.39 is 0 Å². The van der Waals surface area contributed by atoms with Crippen molar-refractivity contribution in [3.63, 3.8) is 0 Å². The van der Waals surface area contributed by atoms with Gasteiger partial charge in [-0.25, -0.2) is 0 Å². The van der Waals surface area contributed by atoms with Gasteiger partial charge in [0.25, 0.3) is 0 Å². The normalized spacial score (nSPS) is 49.2. The first kappa shape index (κ1) is 21.0. The number of ether oxygens (including phenoxy) is 1. The molecule has 1 unspecified atom stereocenters. The van der Waals surface area contributed by atoms with Gasteiger partial charge in [-0.2, -0.15) is 0 Å². The molecule has 0 bridgehead atoms. The van der Waals surface area contributed by atoms with E-state index in [1.807, 2.05) is 0 Å². The summed E-state index contributed by atoms with van der Waals surface area (Å²) in [7, 11) is 0. The van der Waals surface area contributed by atoms with Gasteiger partial charge in [0.1, 0.15) is 11.7 Å². The van der Waals surface area contributed by atoms with Crippen LogP contribution in [-0.2, 0) is 9.53 Å². The van der Waals surface area contributed by atoms with Crippen LogP contribution in [0.1, 0.15) is 86.5 Å². The molecule has 2 nitrogen and oxygen atoms in total. The summed E-state index contributed by atoms with van der Waals surface area (Å²) in [5.41, 5.74) is 2.22. The summed E-state index contributed by atoms with van der Waals surface area (Å²) in [5, 5.41) is 0. The van der Waals surface area contributed by atoms with E-state index in [1.165, 1.54) is 25.7 Å². The highest BCUT2D eigenvalue weighted by molar-refractivity contribution is 5.89. The molecule has 0 aromatic rings. The number of carbonyl (C=O) groups excluding carboxylic acids is 1. The minimum Gasteiger partial charge on any atom is -0.357 e. The summed E-state index contributed by atoms with van der Waals surface area (Å²) in [4.78, 5) is 12.3. The van der Waals surface area contributed by atoms with Crippen LogP contribution in [0.2, 0.25) is 0 Å². The second kappa shape index (κ2) is 6.80. The van der Waals surface area contributed by atoms with Crippen LogP contribution in [0.4, 0.5) is 0 Å². The van der Waals surface area contributed by atoms with Crippen molar-refractivity contribution >= 4 is 5.78 Å². The Balaban J connectivity index is 1.39. The van der Waals surface area contributed by atoms with Crippen molar-refractivity contribution in [3.8, 4) is 0 Å². The minimum atomic E-state index is -0.148. The molecule has 1 heterocycles. The molecule has 3 saturated carbocycles. The van der Waals surface area contributed by atoms with E-state index in [4.69, 9.17) is 4.74 Å². The van der Waals surface area contributed by atoms with E-state index in [9.17, 15) is 4.79 Å². The fourth-order valence-electron chi connectivity index (χ4n) is 8.37. The number of fused-ring (bicyclic) bond motifs is 4. The number of allylic oxidation sites excluding steroid dienone is 3. The Morgan fingerprint density at radius 1 is 1.03 bits per heavy atom. The summed E-state index contributed by atoms with van der Waals surface area (Å²) >= 11 is 0. The topological polar surface area (TPSA) is 29.6 Å². The molecule has 2 heteroatoms. The van der Waals surface area contributed by atoms with Crippen molar-refractivity contribution in [1.82, 2.24) is 0 Å². The Hall–Kier alpha value is -0.890. The van der Waals surface area contributed by atoms with Gasteiger partial charge in [-0.3, -0.25) is 4.79 Å². The predicted molar refractivity (Wildman–Crippen MR) is 122 cm³/mol. The zero-order valence-corrected chi connectivity index (χ0v) is 20.0. The lowest BCUT2D eigenvalue weighted by molar-refractivity contribution is -0.122. The summed E-state index contributed by atoms with van der Waals surface area (Å²) in [6.07, 6.45) is 15.6. The molecule has 0 amide bonds. The van der Waals surface area contributed by atoms with E-state index >= 15 is 0 Å². The van der Waals surface area contributed by atoms with Crippen molar-refractivity contribution < 1.29 is 9.53 Å². The molecule has 4 aliphatic carbocycles. The van der Waals surface area contributed by atoms with Crippen molar-refractivity contribution in [2.24, 2.45) is 46.3 Å². The number of epoxide rings is 1. The van der Waals surface area contributed by atoms with Gasteiger partial charge in [0, 0.05) is 11.8 Å². The Kier molecular flexibility index (Phi) is 4.76. The Bertz CT molecular complexity index is 792. The number of Topliss-reactive ketones (excluding diaryl/α,β-unsaturated/α-hetero) is 1. The number of rotatable bonds is 4. The third kappa shape index (κ3) is 2.68. The minimum absolute atomic E-state index is 0.0909.